The Kier molecular flexibility index (Phi) is 4.96. The number of benzene rings is 1. The zero-order valence-electron chi connectivity index (χ0n) is 11.6. The van der Waals surface area contributed by atoms with Gasteiger partial charge in [-0.3, -0.25) is 4.79 Å². The van der Waals surface area contributed by atoms with Crippen LogP contribution < -0.4 is 5.32 Å². The second kappa shape index (κ2) is 6.38. The molecule has 6 heteroatoms. The number of hydrogen-bond acceptors (Lipinski definition) is 1. The largest absolute Gasteiger partial charge is 0.391 e. The Balaban J connectivity index is 2.01. The van der Waals surface area contributed by atoms with Gasteiger partial charge in [0, 0.05) is 16.1 Å². The van der Waals surface area contributed by atoms with E-state index < -0.39 is 18.0 Å². The van der Waals surface area contributed by atoms with Gasteiger partial charge in [-0.05, 0) is 43.9 Å². The van der Waals surface area contributed by atoms with Crippen LogP contribution in [0.5, 0.6) is 0 Å². The second-order valence-electron chi connectivity index (χ2n) is 5.56. The van der Waals surface area contributed by atoms with Crippen molar-refractivity contribution in [2.45, 2.75) is 38.8 Å². The van der Waals surface area contributed by atoms with Crippen molar-refractivity contribution in [1.82, 2.24) is 0 Å². The highest BCUT2D eigenvalue weighted by atomic mass is 79.9. The van der Waals surface area contributed by atoms with Gasteiger partial charge in [-0.2, -0.15) is 13.2 Å². The Labute approximate surface area is 130 Å². The predicted octanol–water partition coefficient (Wildman–Crippen LogP) is 5.06. The summed E-state index contributed by atoms with van der Waals surface area (Å²) in [5.74, 6) is -2.24. The number of nitrogens with one attached hydrogen (secondary N) is 1. The molecule has 2 atom stereocenters. The highest BCUT2D eigenvalue weighted by Crippen LogP contribution is 2.40. The Morgan fingerprint density at radius 1 is 1.33 bits per heavy atom. The molecule has 1 aliphatic rings. The topological polar surface area (TPSA) is 29.1 Å². The number of carbonyl (C=O) groups is 1. The summed E-state index contributed by atoms with van der Waals surface area (Å²) in [6, 6.07) is 5.36. The van der Waals surface area contributed by atoms with Crippen LogP contribution in [0.25, 0.3) is 0 Å². The van der Waals surface area contributed by atoms with Gasteiger partial charge in [-0.15, -0.1) is 0 Å². The summed E-state index contributed by atoms with van der Waals surface area (Å²) >= 11 is 3.37. The summed E-state index contributed by atoms with van der Waals surface area (Å²) in [4.78, 5) is 12.1. The van der Waals surface area contributed by atoms with E-state index in [9.17, 15) is 18.0 Å². The molecule has 1 aromatic carbocycles. The summed E-state index contributed by atoms with van der Waals surface area (Å²) < 4.78 is 39.2. The molecule has 2 unspecified atom stereocenters. The summed E-state index contributed by atoms with van der Waals surface area (Å²) in [5, 5.41) is 2.72. The van der Waals surface area contributed by atoms with Gasteiger partial charge in [-0.1, -0.05) is 28.4 Å². The molecular formula is C15H17BrF3NO. The molecule has 1 amide bonds. The third-order valence-electron chi connectivity index (χ3n) is 3.95. The Hall–Kier alpha value is -1.04. The molecule has 0 aliphatic heterocycles. The SMILES string of the molecule is Cc1ccc(NC(=O)C2CCCC(C(F)(F)F)C2)cc1Br. The van der Waals surface area contributed by atoms with E-state index in [1.54, 1.807) is 12.1 Å². The molecule has 0 radical (unpaired) electrons. The van der Waals surface area contributed by atoms with Gasteiger partial charge in [0.25, 0.3) is 0 Å². The van der Waals surface area contributed by atoms with E-state index in [-0.39, 0.29) is 18.7 Å². The minimum Gasteiger partial charge on any atom is -0.326 e. The highest BCUT2D eigenvalue weighted by Gasteiger charge is 2.43. The van der Waals surface area contributed by atoms with Crippen molar-refractivity contribution in [3.05, 3.63) is 28.2 Å². The number of halogens is 4. The molecule has 2 nitrogen and oxygen atoms in total. The lowest BCUT2D eigenvalue weighted by atomic mass is 9.80. The van der Waals surface area contributed by atoms with Gasteiger partial charge in [-0.25, -0.2) is 0 Å². The van der Waals surface area contributed by atoms with Crippen molar-refractivity contribution >= 4 is 27.5 Å². The molecule has 1 saturated carbocycles. The first-order valence-corrected chi connectivity index (χ1v) is 7.70. The lowest BCUT2D eigenvalue weighted by Crippen LogP contribution is -2.34. The van der Waals surface area contributed by atoms with Gasteiger partial charge >= 0.3 is 6.18 Å². The van der Waals surface area contributed by atoms with Crippen molar-refractivity contribution < 1.29 is 18.0 Å². The average Bonchev–Trinajstić information content (AvgIpc) is 2.42. The molecule has 116 valence electrons. The monoisotopic (exact) mass is 363 g/mol. The van der Waals surface area contributed by atoms with Crippen LogP contribution in [0.1, 0.15) is 31.2 Å². The van der Waals surface area contributed by atoms with Crippen LogP contribution >= 0.6 is 15.9 Å². The van der Waals surface area contributed by atoms with Crippen LogP contribution in [-0.4, -0.2) is 12.1 Å². The number of anilines is 1. The molecule has 2 rings (SSSR count). The summed E-state index contributed by atoms with van der Waals surface area (Å²) in [6.07, 6.45) is -3.22. The van der Waals surface area contributed by atoms with E-state index in [0.29, 0.717) is 18.5 Å². The van der Waals surface area contributed by atoms with Crippen molar-refractivity contribution in [3.63, 3.8) is 0 Å². The average molecular weight is 364 g/mol. The molecule has 21 heavy (non-hydrogen) atoms. The van der Waals surface area contributed by atoms with E-state index in [2.05, 4.69) is 21.2 Å². The molecule has 1 fully saturated rings. The van der Waals surface area contributed by atoms with Gasteiger partial charge in [0.2, 0.25) is 5.91 Å². The van der Waals surface area contributed by atoms with Crippen molar-refractivity contribution in [2.24, 2.45) is 11.8 Å². The van der Waals surface area contributed by atoms with Crippen LogP contribution in [-0.2, 0) is 4.79 Å². The van der Waals surface area contributed by atoms with Gasteiger partial charge in [0.1, 0.15) is 0 Å². The number of alkyl halides is 3. The van der Waals surface area contributed by atoms with Gasteiger partial charge in [0.05, 0.1) is 5.92 Å². The second-order valence-corrected chi connectivity index (χ2v) is 6.41. The summed E-state index contributed by atoms with van der Waals surface area (Å²) in [6.45, 7) is 1.92. The van der Waals surface area contributed by atoms with Crippen molar-refractivity contribution in [1.29, 1.82) is 0 Å². The Bertz CT molecular complexity index is 530. The molecular weight excluding hydrogens is 347 g/mol. The molecule has 0 saturated heterocycles. The van der Waals surface area contributed by atoms with Gasteiger partial charge < -0.3 is 5.32 Å². The van der Waals surface area contributed by atoms with Crippen LogP contribution in [0.3, 0.4) is 0 Å². The van der Waals surface area contributed by atoms with E-state index in [4.69, 9.17) is 0 Å². The van der Waals surface area contributed by atoms with E-state index >= 15 is 0 Å². The standard InChI is InChI=1S/C15H17BrF3NO/c1-9-5-6-12(8-13(9)16)20-14(21)10-3-2-4-11(7-10)15(17,18)19/h5-6,8,10-11H,2-4,7H2,1H3,(H,20,21). The molecule has 0 spiro atoms. The molecule has 1 aromatic rings. The highest BCUT2D eigenvalue weighted by molar-refractivity contribution is 9.10. The molecule has 0 aromatic heterocycles. The van der Waals surface area contributed by atoms with Gasteiger partial charge in [0.15, 0.2) is 0 Å². The summed E-state index contributed by atoms with van der Waals surface area (Å²) in [5.41, 5.74) is 1.63. The zero-order chi connectivity index (χ0) is 15.6. The number of carbonyl (C=O) groups excluding carboxylic acids is 1. The first-order valence-electron chi connectivity index (χ1n) is 6.91. The number of amides is 1. The maximum absolute atomic E-state index is 12.8. The van der Waals surface area contributed by atoms with Crippen molar-refractivity contribution in [2.75, 3.05) is 5.32 Å². The zero-order valence-corrected chi connectivity index (χ0v) is 13.2. The first kappa shape index (κ1) is 16.3. The number of hydrogen-bond donors (Lipinski definition) is 1. The molecule has 1 N–H and O–H groups in total. The third-order valence-corrected chi connectivity index (χ3v) is 4.80. The lowest BCUT2D eigenvalue weighted by Gasteiger charge is -2.29. The maximum Gasteiger partial charge on any atom is 0.391 e. The fourth-order valence-electron chi connectivity index (χ4n) is 2.64. The fraction of sp³-hybridized carbons (Fsp3) is 0.533. The number of rotatable bonds is 2. The maximum atomic E-state index is 12.8. The van der Waals surface area contributed by atoms with Crippen LogP contribution in [0, 0.1) is 18.8 Å². The minimum absolute atomic E-state index is 0.109. The lowest BCUT2D eigenvalue weighted by molar-refractivity contribution is -0.185. The van der Waals surface area contributed by atoms with E-state index in [1.165, 1.54) is 0 Å². The third kappa shape index (κ3) is 4.22. The molecule has 0 heterocycles. The Morgan fingerprint density at radius 2 is 2.05 bits per heavy atom. The van der Waals surface area contributed by atoms with Crippen LogP contribution in [0.2, 0.25) is 0 Å². The number of aryl methyl sites for hydroxylation is 1. The minimum atomic E-state index is -4.20. The van der Waals surface area contributed by atoms with Crippen LogP contribution in [0.15, 0.2) is 22.7 Å². The summed E-state index contributed by atoms with van der Waals surface area (Å²) in [7, 11) is 0. The van der Waals surface area contributed by atoms with E-state index in [1.807, 2.05) is 13.0 Å². The quantitative estimate of drug-likeness (QED) is 0.781. The van der Waals surface area contributed by atoms with Crippen LogP contribution in [0.4, 0.5) is 18.9 Å². The molecule has 1 aliphatic carbocycles. The smallest absolute Gasteiger partial charge is 0.326 e. The normalized spacial score (nSPS) is 22.9. The Morgan fingerprint density at radius 3 is 2.67 bits per heavy atom. The van der Waals surface area contributed by atoms with E-state index in [0.717, 1.165) is 10.0 Å². The first-order chi connectivity index (χ1) is 9.77. The fourth-order valence-corrected chi connectivity index (χ4v) is 3.02. The van der Waals surface area contributed by atoms with Crippen molar-refractivity contribution in [3.8, 4) is 0 Å². The predicted molar refractivity (Wildman–Crippen MR) is 79.0 cm³/mol. The molecule has 0 bridgehead atoms.